The molecule has 0 spiro atoms. The SMILES string of the molecule is O=C(CC1CCCCC1)c1cnccc1C(F)(F)F. The van der Waals surface area contributed by atoms with Crippen LogP contribution in [0.2, 0.25) is 0 Å². The number of hydrogen-bond donors (Lipinski definition) is 0. The molecule has 0 saturated heterocycles. The van der Waals surface area contributed by atoms with Crippen molar-refractivity contribution in [3.05, 3.63) is 29.6 Å². The molecule has 1 aliphatic rings. The topological polar surface area (TPSA) is 30.0 Å². The first-order valence-corrected chi connectivity index (χ1v) is 6.53. The molecule has 0 aromatic carbocycles. The molecule has 0 unspecified atom stereocenters. The Bertz CT molecular complexity index is 450. The molecule has 1 heterocycles. The molecule has 0 amide bonds. The second-order valence-electron chi connectivity index (χ2n) is 5.05. The fraction of sp³-hybridized carbons (Fsp3) is 0.571. The Kier molecular flexibility index (Phi) is 4.22. The van der Waals surface area contributed by atoms with Gasteiger partial charge < -0.3 is 0 Å². The predicted molar refractivity (Wildman–Crippen MR) is 64.8 cm³/mol. The second-order valence-corrected chi connectivity index (χ2v) is 5.05. The van der Waals surface area contributed by atoms with Gasteiger partial charge in [0.1, 0.15) is 0 Å². The predicted octanol–water partition coefficient (Wildman–Crippen LogP) is 4.25. The van der Waals surface area contributed by atoms with Crippen LogP contribution in [0.25, 0.3) is 0 Å². The lowest BCUT2D eigenvalue weighted by Gasteiger charge is -2.21. The van der Waals surface area contributed by atoms with Gasteiger partial charge in [-0.25, -0.2) is 0 Å². The van der Waals surface area contributed by atoms with Gasteiger partial charge in [-0.3, -0.25) is 9.78 Å². The number of rotatable bonds is 3. The lowest BCUT2D eigenvalue weighted by molar-refractivity contribution is -0.138. The average molecular weight is 271 g/mol. The molecule has 1 fully saturated rings. The maximum Gasteiger partial charge on any atom is 0.417 e. The van der Waals surface area contributed by atoms with E-state index in [1.807, 2.05) is 0 Å². The molecule has 0 radical (unpaired) electrons. The maximum atomic E-state index is 12.8. The number of nitrogens with zero attached hydrogens (tertiary/aromatic N) is 1. The molecular formula is C14H16F3NO. The number of Topliss-reactive ketones (excluding diaryl/α,β-unsaturated/α-hetero) is 1. The van der Waals surface area contributed by atoms with Gasteiger partial charge in [-0.1, -0.05) is 32.1 Å². The van der Waals surface area contributed by atoms with E-state index in [4.69, 9.17) is 0 Å². The normalized spacial score (nSPS) is 17.4. The highest BCUT2D eigenvalue weighted by atomic mass is 19.4. The van der Waals surface area contributed by atoms with Crippen molar-refractivity contribution < 1.29 is 18.0 Å². The third-order valence-electron chi connectivity index (χ3n) is 3.63. The maximum absolute atomic E-state index is 12.8. The van der Waals surface area contributed by atoms with E-state index in [0.717, 1.165) is 50.6 Å². The van der Waals surface area contributed by atoms with E-state index in [1.54, 1.807) is 0 Å². The van der Waals surface area contributed by atoms with Gasteiger partial charge in [0, 0.05) is 24.4 Å². The average Bonchev–Trinajstić information content (AvgIpc) is 2.39. The van der Waals surface area contributed by atoms with Gasteiger partial charge in [-0.15, -0.1) is 0 Å². The van der Waals surface area contributed by atoms with Gasteiger partial charge in [-0.05, 0) is 12.0 Å². The molecule has 5 heteroatoms. The Morgan fingerprint density at radius 1 is 1.26 bits per heavy atom. The number of carbonyl (C=O) groups excluding carboxylic acids is 1. The fourth-order valence-electron chi connectivity index (χ4n) is 2.63. The Hall–Kier alpha value is -1.39. The van der Waals surface area contributed by atoms with E-state index in [9.17, 15) is 18.0 Å². The minimum atomic E-state index is -4.50. The van der Waals surface area contributed by atoms with Crippen molar-refractivity contribution in [2.24, 2.45) is 5.92 Å². The van der Waals surface area contributed by atoms with Crippen molar-refractivity contribution in [1.82, 2.24) is 4.98 Å². The van der Waals surface area contributed by atoms with Crippen LogP contribution in [0.5, 0.6) is 0 Å². The van der Waals surface area contributed by atoms with Crippen molar-refractivity contribution >= 4 is 5.78 Å². The lowest BCUT2D eigenvalue weighted by atomic mass is 9.84. The molecule has 0 aliphatic heterocycles. The number of alkyl halides is 3. The van der Waals surface area contributed by atoms with E-state index >= 15 is 0 Å². The standard InChI is InChI=1S/C14H16F3NO/c15-14(16,17)12-6-7-18-9-11(12)13(19)8-10-4-2-1-3-5-10/h6-7,9-10H,1-5,8H2. The van der Waals surface area contributed by atoms with Gasteiger partial charge in [0.25, 0.3) is 0 Å². The summed E-state index contributed by atoms with van der Waals surface area (Å²) in [6.07, 6.45) is 2.98. The molecule has 1 aromatic rings. The zero-order valence-corrected chi connectivity index (χ0v) is 10.5. The molecule has 0 bridgehead atoms. The quantitative estimate of drug-likeness (QED) is 0.769. The summed E-state index contributed by atoms with van der Waals surface area (Å²) in [7, 11) is 0. The van der Waals surface area contributed by atoms with E-state index in [-0.39, 0.29) is 17.9 Å². The molecule has 1 aliphatic carbocycles. The van der Waals surface area contributed by atoms with Gasteiger partial charge in [-0.2, -0.15) is 13.2 Å². The highest BCUT2D eigenvalue weighted by Crippen LogP contribution is 2.33. The van der Waals surface area contributed by atoms with Crippen LogP contribution in [-0.4, -0.2) is 10.8 Å². The smallest absolute Gasteiger partial charge is 0.294 e. The van der Waals surface area contributed by atoms with Crippen molar-refractivity contribution in [1.29, 1.82) is 0 Å². The van der Waals surface area contributed by atoms with Gasteiger partial charge in [0.05, 0.1) is 5.56 Å². The summed E-state index contributed by atoms with van der Waals surface area (Å²) < 4.78 is 38.4. The lowest BCUT2D eigenvalue weighted by Crippen LogP contribution is -2.17. The van der Waals surface area contributed by atoms with Crippen LogP contribution >= 0.6 is 0 Å². The first-order valence-electron chi connectivity index (χ1n) is 6.53. The number of hydrogen-bond acceptors (Lipinski definition) is 2. The summed E-state index contributed by atoms with van der Waals surface area (Å²) in [4.78, 5) is 15.7. The van der Waals surface area contributed by atoms with Crippen LogP contribution in [0.1, 0.15) is 54.4 Å². The van der Waals surface area contributed by atoms with E-state index in [0.29, 0.717) is 0 Å². The molecule has 2 nitrogen and oxygen atoms in total. The van der Waals surface area contributed by atoms with Gasteiger partial charge in [0.15, 0.2) is 5.78 Å². The van der Waals surface area contributed by atoms with Crippen molar-refractivity contribution in [3.63, 3.8) is 0 Å². The van der Waals surface area contributed by atoms with Gasteiger partial charge in [0.2, 0.25) is 0 Å². The van der Waals surface area contributed by atoms with Crippen molar-refractivity contribution in [3.8, 4) is 0 Å². The Morgan fingerprint density at radius 2 is 1.95 bits per heavy atom. The molecule has 1 saturated carbocycles. The van der Waals surface area contributed by atoms with Crippen LogP contribution in [-0.2, 0) is 6.18 Å². The second kappa shape index (κ2) is 5.72. The molecular weight excluding hydrogens is 255 g/mol. The summed E-state index contributed by atoms with van der Waals surface area (Å²) >= 11 is 0. The highest BCUT2D eigenvalue weighted by molar-refractivity contribution is 5.97. The van der Waals surface area contributed by atoms with Gasteiger partial charge >= 0.3 is 6.18 Å². The van der Waals surface area contributed by atoms with Crippen LogP contribution < -0.4 is 0 Å². The summed E-state index contributed by atoms with van der Waals surface area (Å²) in [5.41, 5.74) is -1.16. The number of carbonyl (C=O) groups is 1. The van der Waals surface area contributed by atoms with Crippen LogP contribution in [0.15, 0.2) is 18.5 Å². The number of aromatic nitrogens is 1. The summed E-state index contributed by atoms with van der Waals surface area (Å²) in [6.45, 7) is 0. The molecule has 0 N–H and O–H groups in total. The van der Waals surface area contributed by atoms with Crippen LogP contribution in [0, 0.1) is 5.92 Å². The number of pyridine rings is 1. The van der Waals surface area contributed by atoms with Crippen molar-refractivity contribution in [2.75, 3.05) is 0 Å². The first-order chi connectivity index (χ1) is 8.98. The molecule has 19 heavy (non-hydrogen) atoms. The Labute approximate surface area is 110 Å². The van der Waals surface area contributed by atoms with Crippen molar-refractivity contribution in [2.45, 2.75) is 44.7 Å². The largest absolute Gasteiger partial charge is 0.417 e. The van der Waals surface area contributed by atoms with E-state index in [1.165, 1.54) is 0 Å². The third-order valence-corrected chi connectivity index (χ3v) is 3.63. The van der Waals surface area contributed by atoms with E-state index < -0.39 is 17.5 Å². The van der Waals surface area contributed by atoms with Crippen LogP contribution in [0.4, 0.5) is 13.2 Å². The molecule has 104 valence electrons. The Balaban J connectivity index is 2.14. The van der Waals surface area contributed by atoms with E-state index in [2.05, 4.69) is 4.98 Å². The zero-order valence-electron chi connectivity index (χ0n) is 10.5. The molecule has 0 atom stereocenters. The minimum Gasteiger partial charge on any atom is -0.294 e. The first kappa shape index (κ1) is 14.0. The van der Waals surface area contributed by atoms with Crippen LogP contribution in [0.3, 0.4) is 0 Å². The summed E-state index contributed by atoms with van der Waals surface area (Å²) in [5.74, 6) is -0.213. The zero-order chi connectivity index (χ0) is 13.9. The summed E-state index contributed by atoms with van der Waals surface area (Å²) in [5, 5.41) is 0. The molecule has 2 rings (SSSR count). The molecule has 1 aromatic heterocycles. The Morgan fingerprint density at radius 3 is 2.58 bits per heavy atom. The summed E-state index contributed by atoms with van der Waals surface area (Å²) in [6, 6.07) is 0.869. The monoisotopic (exact) mass is 271 g/mol. The number of halogens is 3. The highest BCUT2D eigenvalue weighted by Gasteiger charge is 2.35. The third kappa shape index (κ3) is 3.55. The fourth-order valence-corrected chi connectivity index (χ4v) is 2.63. The minimum absolute atomic E-state index is 0.203. The number of ketones is 1.